The fourth-order valence-electron chi connectivity index (χ4n) is 4.00. The van der Waals surface area contributed by atoms with E-state index in [1.54, 1.807) is 16.6 Å². The van der Waals surface area contributed by atoms with E-state index in [-0.39, 0.29) is 24.8 Å². The van der Waals surface area contributed by atoms with Crippen LogP contribution in [0.3, 0.4) is 0 Å². The summed E-state index contributed by atoms with van der Waals surface area (Å²) < 4.78 is 1.33. The Kier molecular flexibility index (Phi) is 7.40. The van der Waals surface area contributed by atoms with Gasteiger partial charge in [-0.25, -0.2) is 0 Å². The molecule has 4 heteroatoms. The van der Waals surface area contributed by atoms with Crippen LogP contribution in [0, 0.1) is 0 Å². The molecule has 138 valence electrons. The number of halogens is 2. The van der Waals surface area contributed by atoms with E-state index in [1.807, 2.05) is 0 Å². The van der Waals surface area contributed by atoms with Crippen molar-refractivity contribution in [3.05, 3.63) is 113 Å². The Morgan fingerprint density at radius 3 is 1.57 bits per heavy atom. The smallest absolute Gasteiger partial charge is 1.00 e. The molecule has 3 aromatic rings. The molecule has 0 fully saturated rings. The Morgan fingerprint density at radius 1 is 0.571 bits per heavy atom. The summed E-state index contributed by atoms with van der Waals surface area (Å²) in [6, 6.07) is 29.1. The van der Waals surface area contributed by atoms with E-state index < -0.39 is 20.3 Å². The van der Waals surface area contributed by atoms with E-state index in [2.05, 4.69) is 103 Å². The third-order valence-electron chi connectivity index (χ3n) is 5.25. The van der Waals surface area contributed by atoms with Gasteiger partial charge in [-0.05, 0) is 0 Å². The fourth-order valence-corrected chi connectivity index (χ4v) is 24.1. The summed E-state index contributed by atoms with van der Waals surface area (Å²) in [5.74, 6) is 0. The normalized spacial score (nSPS) is 17.8. The van der Waals surface area contributed by atoms with Crippen molar-refractivity contribution in [2.75, 3.05) is 0 Å². The molecule has 0 saturated carbocycles. The van der Waals surface area contributed by atoms with Crippen LogP contribution in [0.2, 0.25) is 0 Å². The van der Waals surface area contributed by atoms with Crippen LogP contribution in [0.1, 0.15) is 29.6 Å². The fraction of sp³-hybridized carbons (Fsp3) is 0.0833. The molecule has 0 N–H and O–H groups in total. The molecule has 0 spiro atoms. The van der Waals surface area contributed by atoms with Gasteiger partial charge in [0.15, 0.2) is 0 Å². The largest absolute Gasteiger partial charge is 1.00 e. The first-order chi connectivity index (χ1) is 12.9. The van der Waals surface area contributed by atoms with E-state index in [4.69, 9.17) is 0 Å². The first-order valence-electron chi connectivity index (χ1n) is 9.08. The van der Waals surface area contributed by atoms with Gasteiger partial charge in [-0.3, -0.25) is 0 Å². The monoisotopic (exact) mass is 588 g/mol. The molecule has 2 atom stereocenters. The Hall–Kier alpha value is -1.11. The molecule has 0 nitrogen and oxygen atoms in total. The third-order valence-corrected chi connectivity index (χ3v) is 24.4. The van der Waals surface area contributed by atoms with Gasteiger partial charge in [-0.15, -0.1) is 0 Å². The summed E-state index contributed by atoms with van der Waals surface area (Å²) in [5.41, 5.74) is 7.60. The summed E-state index contributed by atoms with van der Waals surface area (Å²) >= 11 is -2.17. The molecule has 0 saturated heterocycles. The second-order valence-corrected chi connectivity index (χ2v) is 21.7. The van der Waals surface area contributed by atoms with E-state index in [0.29, 0.717) is 7.35 Å². The molecule has 0 radical (unpaired) electrons. The second-order valence-electron chi connectivity index (χ2n) is 6.80. The molecule has 2 unspecified atom stereocenters. The van der Waals surface area contributed by atoms with E-state index in [0.717, 1.165) is 0 Å². The number of fused-ring (bicyclic) bond motifs is 2. The number of hydrogen-bond acceptors (Lipinski definition) is 0. The third kappa shape index (κ3) is 4.10. The van der Waals surface area contributed by atoms with Gasteiger partial charge in [-0.2, -0.15) is 0 Å². The molecule has 0 amide bonds. The first-order valence-corrected chi connectivity index (χ1v) is 18.9. The summed E-state index contributed by atoms with van der Waals surface area (Å²) in [7, 11) is 0. The number of allylic oxidation sites excluding steroid dienone is 2. The van der Waals surface area contributed by atoms with E-state index >= 15 is 0 Å². The van der Waals surface area contributed by atoms with Crippen LogP contribution in [0.5, 0.6) is 0 Å². The van der Waals surface area contributed by atoms with Crippen LogP contribution in [-0.4, -0.2) is 0 Å². The molecular weight excluding hydrogens is 569 g/mol. The zero-order valence-corrected chi connectivity index (χ0v) is 21.2. The summed E-state index contributed by atoms with van der Waals surface area (Å²) in [5, 5.41) is 1.49. The molecule has 3 aromatic carbocycles. The van der Waals surface area contributed by atoms with Crippen molar-refractivity contribution in [1.29, 1.82) is 0 Å². The predicted octanol–water partition coefficient (Wildman–Crippen LogP) is 0.336. The molecule has 5 rings (SSSR count). The minimum Gasteiger partial charge on any atom is -1.00 e. The molecule has 0 heterocycles. The molecule has 0 bridgehead atoms. The van der Waals surface area contributed by atoms with Crippen LogP contribution in [0.25, 0.3) is 12.2 Å². The van der Waals surface area contributed by atoms with Crippen molar-refractivity contribution < 1.29 is 45.1 Å². The van der Waals surface area contributed by atoms with Gasteiger partial charge in [0, 0.05) is 0 Å². The minimum absolute atomic E-state index is 0. The van der Waals surface area contributed by atoms with Gasteiger partial charge in [0.2, 0.25) is 0 Å². The maximum atomic E-state index is 2.51. The van der Waals surface area contributed by atoms with Crippen molar-refractivity contribution in [1.82, 2.24) is 0 Å². The van der Waals surface area contributed by atoms with Crippen molar-refractivity contribution in [2.45, 2.75) is 7.35 Å². The zero-order chi connectivity index (χ0) is 17.3. The minimum atomic E-state index is -2.17. The van der Waals surface area contributed by atoms with Crippen LogP contribution in [-0.2, 0) is 20.3 Å². The quantitative estimate of drug-likeness (QED) is 0.307. The number of rotatable bonds is 3. The average Bonchev–Trinajstić information content (AvgIpc) is 3.32. The zero-order valence-electron chi connectivity index (χ0n) is 15.2. The van der Waals surface area contributed by atoms with Crippen LogP contribution >= 0.6 is 5.46 Å². The Labute approximate surface area is 187 Å². The van der Waals surface area contributed by atoms with Crippen molar-refractivity contribution in [3.8, 4) is 0 Å². The van der Waals surface area contributed by atoms with Gasteiger partial charge in [-0.1, -0.05) is 0 Å². The molecule has 2 aliphatic carbocycles. The van der Waals surface area contributed by atoms with Gasteiger partial charge in [0.05, 0.1) is 0 Å². The summed E-state index contributed by atoms with van der Waals surface area (Å²) in [6.45, 7) is 0. The topological polar surface area (TPSA) is 0 Å². The van der Waals surface area contributed by atoms with Gasteiger partial charge in [0.1, 0.15) is 0 Å². The van der Waals surface area contributed by atoms with Crippen molar-refractivity contribution in [2.24, 2.45) is 0 Å². The van der Waals surface area contributed by atoms with E-state index in [9.17, 15) is 0 Å². The van der Waals surface area contributed by atoms with Crippen LogP contribution in [0.4, 0.5) is 0 Å². The van der Waals surface area contributed by atoms with Gasteiger partial charge in [0.25, 0.3) is 0 Å². The maximum Gasteiger partial charge on any atom is -1.00 e. The Balaban J connectivity index is 0.00000112. The molecular formula is C24H19Cl2HfP. The standard InChI is InChI=1S/2C9H7.C6H5P.2ClH.Hf/c2*1-2-5-9-7-3-6-8(9)4-1;7-6-4-2-1-3-5-6;;;/h2*1-7H;1-5H;2*1H;/q;;;;;+2/p-2. The van der Waals surface area contributed by atoms with Crippen LogP contribution in [0.15, 0.2) is 91.0 Å². The molecule has 0 aromatic heterocycles. The second kappa shape index (κ2) is 9.59. The van der Waals surface area contributed by atoms with Crippen molar-refractivity contribution >= 4 is 22.9 Å². The Bertz CT molecular complexity index is 993. The number of benzene rings is 3. The first kappa shape index (κ1) is 21.6. The summed E-state index contributed by atoms with van der Waals surface area (Å²) in [4.78, 5) is 0. The number of hydrogen-bond donors (Lipinski definition) is 0. The molecule has 28 heavy (non-hydrogen) atoms. The SMILES string of the molecule is C1=C[CH]([Hf+2](=[P]c2ccccc2)[CH]2C=Cc3ccccc32)c2ccccc21.[Cl-].[Cl-]. The predicted molar refractivity (Wildman–Crippen MR) is 109 cm³/mol. The summed E-state index contributed by atoms with van der Waals surface area (Å²) in [6.07, 6.45) is 9.74. The molecule has 0 aliphatic heterocycles. The van der Waals surface area contributed by atoms with E-state index in [1.165, 1.54) is 16.4 Å². The maximum absolute atomic E-state index is 2.51. The molecule has 2 aliphatic rings. The van der Waals surface area contributed by atoms with Crippen LogP contribution < -0.4 is 30.1 Å². The van der Waals surface area contributed by atoms with Gasteiger partial charge < -0.3 is 24.8 Å². The van der Waals surface area contributed by atoms with Crippen molar-refractivity contribution in [3.63, 3.8) is 0 Å². The van der Waals surface area contributed by atoms with Gasteiger partial charge >= 0.3 is 164 Å². The Morgan fingerprint density at radius 2 is 1.04 bits per heavy atom. The average molecular weight is 588 g/mol.